The highest BCUT2D eigenvalue weighted by Crippen LogP contribution is 2.44. The number of benzene rings is 1. The monoisotopic (exact) mass is 246 g/mol. The summed E-state index contributed by atoms with van der Waals surface area (Å²) in [5, 5.41) is 0. The zero-order valence-corrected chi connectivity index (χ0v) is 11.0. The van der Waals surface area contributed by atoms with Crippen LogP contribution in [0.5, 0.6) is 0 Å². The van der Waals surface area contributed by atoms with Crippen molar-refractivity contribution in [3.63, 3.8) is 0 Å². The first kappa shape index (κ1) is 12.8. The van der Waals surface area contributed by atoms with Crippen molar-refractivity contribution in [1.82, 2.24) is 0 Å². The number of carbonyl (C=O) groups excluding carboxylic acids is 2. The van der Waals surface area contributed by atoms with E-state index in [0.717, 1.165) is 5.56 Å². The summed E-state index contributed by atoms with van der Waals surface area (Å²) in [6.07, 6.45) is 0.0179. The zero-order chi connectivity index (χ0) is 13.3. The van der Waals surface area contributed by atoms with Gasteiger partial charge < -0.3 is 4.74 Å². The summed E-state index contributed by atoms with van der Waals surface area (Å²) in [4.78, 5) is 24.2. The molecule has 0 unspecified atom stereocenters. The maximum atomic E-state index is 12.4. The Morgan fingerprint density at radius 2 is 1.78 bits per heavy atom. The Hall–Kier alpha value is -1.64. The number of hydrogen-bond acceptors (Lipinski definition) is 3. The number of esters is 1. The van der Waals surface area contributed by atoms with Gasteiger partial charge in [-0.25, -0.2) is 0 Å². The highest BCUT2D eigenvalue weighted by molar-refractivity contribution is 6.04. The van der Waals surface area contributed by atoms with Crippen LogP contribution in [0.4, 0.5) is 0 Å². The number of ketones is 1. The molecule has 3 heteroatoms. The molecular formula is C15H18O3. The number of carbonyl (C=O) groups is 2. The summed E-state index contributed by atoms with van der Waals surface area (Å²) in [6, 6.07) is 9.45. The lowest BCUT2D eigenvalue weighted by Crippen LogP contribution is -2.47. The van der Waals surface area contributed by atoms with E-state index in [1.54, 1.807) is 0 Å². The summed E-state index contributed by atoms with van der Waals surface area (Å²) < 4.78 is 5.50. The number of hydrogen-bond donors (Lipinski definition) is 0. The molecule has 1 aromatic carbocycles. The molecule has 2 rings (SSSR count). The maximum absolute atomic E-state index is 12.4. The van der Waals surface area contributed by atoms with E-state index in [-0.39, 0.29) is 5.78 Å². The summed E-state index contributed by atoms with van der Waals surface area (Å²) in [5.74, 6) is -1.02. The van der Waals surface area contributed by atoms with E-state index in [1.807, 2.05) is 51.1 Å². The molecular weight excluding hydrogens is 228 g/mol. The molecule has 0 amide bonds. The predicted octanol–water partition coefficient (Wildman–Crippen LogP) is 2.91. The van der Waals surface area contributed by atoms with E-state index in [2.05, 4.69) is 0 Å². The molecule has 96 valence electrons. The molecule has 1 aromatic rings. The minimum Gasteiger partial charge on any atom is -0.456 e. The van der Waals surface area contributed by atoms with Gasteiger partial charge >= 0.3 is 5.97 Å². The first-order valence-corrected chi connectivity index (χ1v) is 6.28. The molecule has 18 heavy (non-hydrogen) atoms. The van der Waals surface area contributed by atoms with Gasteiger partial charge in [0.05, 0.1) is 5.41 Å². The van der Waals surface area contributed by atoms with Gasteiger partial charge in [-0.2, -0.15) is 0 Å². The topological polar surface area (TPSA) is 43.4 Å². The van der Waals surface area contributed by atoms with Crippen molar-refractivity contribution in [2.75, 3.05) is 0 Å². The van der Waals surface area contributed by atoms with Crippen LogP contribution in [0.1, 0.15) is 38.9 Å². The Kier molecular flexibility index (Phi) is 3.24. The zero-order valence-electron chi connectivity index (χ0n) is 11.0. The van der Waals surface area contributed by atoms with Gasteiger partial charge in [-0.1, -0.05) is 37.3 Å². The summed E-state index contributed by atoms with van der Waals surface area (Å²) in [6.45, 7) is 5.53. The normalized spacial score (nSPS) is 26.8. The lowest BCUT2D eigenvalue weighted by Gasteiger charge is -2.39. The molecule has 3 nitrogen and oxygen atoms in total. The van der Waals surface area contributed by atoms with Gasteiger partial charge in [0.1, 0.15) is 12.0 Å². The summed E-state index contributed by atoms with van der Waals surface area (Å²) in [7, 11) is 0. The van der Waals surface area contributed by atoms with Crippen LogP contribution < -0.4 is 0 Å². The van der Waals surface area contributed by atoms with Crippen molar-refractivity contribution in [3.05, 3.63) is 35.9 Å². The Morgan fingerprint density at radius 3 is 2.33 bits per heavy atom. The summed E-state index contributed by atoms with van der Waals surface area (Å²) >= 11 is 0. The molecule has 0 aromatic heterocycles. The Morgan fingerprint density at radius 1 is 1.17 bits per heavy atom. The minimum atomic E-state index is -0.671. The average Bonchev–Trinajstić information content (AvgIpc) is 2.36. The molecule has 0 bridgehead atoms. The maximum Gasteiger partial charge on any atom is 0.317 e. The molecule has 0 saturated carbocycles. The van der Waals surface area contributed by atoms with Crippen LogP contribution in [0.2, 0.25) is 0 Å². The molecule has 0 radical (unpaired) electrons. The highest BCUT2D eigenvalue weighted by Gasteiger charge is 2.50. The lowest BCUT2D eigenvalue weighted by atomic mass is 9.72. The van der Waals surface area contributed by atoms with Crippen LogP contribution in [0.25, 0.3) is 0 Å². The van der Waals surface area contributed by atoms with Crippen molar-refractivity contribution in [1.29, 1.82) is 0 Å². The third-order valence-electron chi connectivity index (χ3n) is 3.64. The standard InChI is InChI=1S/C15H18O3/c1-4-11-12(16)15(2,3)13(18-14(11)17)10-8-6-5-7-9-10/h5-9,11,13H,4H2,1-3H3/t11-,13-/m0/s1. The van der Waals surface area contributed by atoms with Crippen molar-refractivity contribution in [2.45, 2.75) is 33.3 Å². The number of Topliss-reactive ketones (excluding diaryl/α,β-unsaturated/α-hetero) is 1. The fourth-order valence-corrected chi connectivity index (χ4v) is 2.50. The third-order valence-corrected chi connectivity index (χ3v) is 3.64. The average molecular weight is 246 g/mol. The molecule has 0 spiro atoms. The molecule has 1 aliphatic heterocycles. The van der Waals surface area contributed by atoms with Gasteiger partial charge in [-0.05, 0) is 25.8 Å². The van der Waals surface area contributed by atoms with Gasteiger partial charge in [0, 0.05) is 0 Å². The number of rotatable bonds is 2. The van der Waals surface area contributed by atoms with Crippen molar-refractivity contribution >= 4 is 11.8 Å². The van der Waals surface area contributed by atoms with Crippen molar-refractivity contribution < 1.29 is 14.3 Å². The van der Waals surface area contributed by atoms with E-state index in [4.69, 9.17) is 4.74 Å². The molecule has 2 atom stereocenters. The molecule has 1 fully saturated rings. The minimum absolute atomic E-state index is 0.0184. The van der Waals surface area contributed by atoms with Crippen LogP contribution >= 0.6 is 0 Å². The van der Waals surface area contributed by atoms with Crippen LogP contribution in [0, 0.1) is 11.3 Å². The van der Waals surface area contributed by atoms with Crippen LogP contribution in [0.3, 0.4) is 0 Å². The van der Waals surface area contributed by atoms with E-state index in [1.165, 1.54) is 0 Å². The van der Waals surface area contributed by atoms with Gasteiger partial charge in [0.15, 0.2) is 5.78 Å². The predicted molar refractivity (Wildman–Crippen MR) is 67.8 cm³/mol. The molecule has 1 heterocycles. The van der Waals surface area contributed by atoms with Crippen LogP contribution in [0.15, 0.2) is 30.3 Å². The summed E-state index contributed by atoms with van der Waals surface area (Å²) in [5.41, 5.74) is 0.203. The largest absolute Gasteiger partial charge is 0.456 e. The van der Waals surface area contributed by atoms with Gasteiger partial charge in [-0.3, -0.25) is 9.59 Å². The fraction of sp³-hybridized carbons (Fsp3) is 0.467. The smallest absolute Gasteiger partial charge is 0.317 e. The van der Waals surface area contributed by atoms with Gasteiger partial charge in [0.25, 0.3) is 0 Å². The van der Waals surface area contributed by atoms with Crippen LogP contribution in [-0.2, 0) is 14.3 Å². The fourth-order valence-electron chi connectivity index (χ4n) is 2.50. The molecule has 1 aliphatic rings. The van der Waals surface area contributed by atoms with E-state index < -0.39 is 23.4 Å². The van der Waals surface area contributed by atoms with Crippen molar-refractivity contribution in [2.24, 2.45) is 11.3 Å². The van der Waals surface area contributed by atoms with E-state index in [0.29, 0.717) is 6.42 Å². The quantitative estimate of drug-likeness (QED) is 0.595. The van der Waals surface area contributed by atoms with Gasteiger partial charge in [-0.15, -0.1) is 0 Å². The third kappa shape index (κ3) is 1.94. The SMILES string of the molecule is CC[C@@H]1C(=O)O[C@@H](c2ccccc2)C(C)(C)C1=O. The Balaban J connectivity index is 2.39. The second-order valence-electron chi connectivity index (χ2n) is 5.27. The number of cyclic esters (lactones) is 1. The Labute approximate surface area is 107 Å². The van der Waals surface area contributed by atoms with Crippen molar-refractivity contribution in [3.8, 4) is 0 Å². The first-order chi connectivity index (χ1) is 8.48. The molecule has 1 saturated heterocycles. The van der Waals surface area contributed by atoms with E-state index in [9.17, 15) is 9.59 Å². The number of ether oxygens (including phenoxy) is 1. The van der Waals surface area contributed by atoms with Gasteiger partial charge in [0.2, 0.25) is 0 Å². The second-order valence-corrected chi connectivity index (χ2v) is 5.27. The molecule has 0 aliphatic carbocycles. The second kappa shape index (κ2) is 4.56. The van der Waals surface area contributed by atoms with Crippen LogP contribution in [-0.4, -0.2) is 11.8 Å². The Bertz CT molecular complexity index is 462. The molecule has 0 N–H and O–H groups in total. The first-order valence-electron chi connectivity index (χ1n) is 6.28. The van der Waals surface area contributed by atoms with E-state index >= 15 is 0 Å². The highest BCUT2D eigenvalue weighted by atomic mass is 16.5. The lowest BCUT2D eigenvalue weighted by molar-refractivity contribution is -0.178.